The molecule has 0 aliphatic carbocycles. The molecule has 4 aromatic rings. The van der Waals surface area contributed by atoms with Crippen molar-refractivity contribution >= 4 is 21.7 Å². The predicted octanol–water partition coefficient (Wildman–Crippen LogP) is 5.84. The Morgan fingerprint density at radius 1 is 0.846 bits per heavy atom. The first-order valence-electron chi connectivity index (χ1n) is 8.52. The van der Waals surface area contributed by atoms with Crippen LogP contribution in [0.5, 0.6) is 0 Å². The lowest BCUT2D eigenvalue weighted by Gasteiger charge is -2.07. The van der Waals surface area contributed by atoms with Crippen LogP contribution in [0.25, 0.3) is 32.9 Å². The van der Waals surface area contributed by atoms with Gasteiger partial charge in [-0.2, -0.15) is 4.39 Å². The minimum absolute atomic E-state index is 0.346. The van der Waals surface area contributed by atoms with Crippen molar-refractivity contribution in [1.29, 1.82) is 0 Å². The van der Waals surface area contributed by atoms with E-state index in [9.17, 15) is 13.6 Å². The van der Waals surface area contributed by atoms with E-state index >= 15 is 0 Å². The summed E-state index contributed by atoms with van der Waals surface area (Å²) in [4.78, 5) is 12.3. The lowest BCUT2D eigenvalue weighted by molar-refractivity contribution is 0.480. The van der Waals surface area contributed by atoms with Crippen molar-refractivity contribution in [2.45, 2.75) is 19.8 Å². The minimum Gasteiger partial charge on any atom is -0.419 e. The first-order valence-corrected chi connectivity index (χ1v) is 8.52. The highest BCUT2D eigenvalue weighted by Gasteiger charge is 2.15. The van der Waals surface area contributed by atoms with Gasteiger partial charge in [0.2, 0.25) is 5.82 Å². The van der Waals surface area contributed by atoms with Crippen LogP contribution in [-0.2, 0) is 6.42 Å². The summed E-state index contributed by atoms with van der Waals surface area (Å²) in [6.45, 7) is 2.13. The number of fused-ring (bicyclic) bond motifs is 3. The van der Waals surface area contributed by atoms with Gasteiger partial charge in [-0.3, -0.25) is 0 Å². The molecule has 4 heteroatoms. The maximum absolute atomic E-state index is 13.9. The molecule has 0 atom stereocenters. The zero-order chi connectivity index (χ0) is 18.3. The zero-order valence-corrected chi connectivity index (χ0v) is 14.2. The summed E-state index contributed by atoms with van der Waals surface area (Å²) in [6, 6.07) is 16.0. The van der Waals surface area contributed by atoms with E-state index in [4.69, 9.17) is 4.42 Å². The van der Waals surface area contributed by atoms with Gasteiger partial charge in [0.1, 0.15) is 0 Å². The highest BCUT2D eigenvalue weighted by molar-refractivity contribution is 6.05. The second-order valence-electron chi connectivity index (χ2n) is 6.33. The van der Waals surface area contributed by atoms with Gasteiger partial charge in [-0.15, -0.1) is 0 Å². The lowest BCUT2D eigenvalue weighted by Crippen LogP contribution is -2.02. The van der Waals surface area contributed by atoms with Crippen molar-refractivity contribution in [2.24, 2.45) is 0 Å². The van der Waals surface area contributed by atoms with Gasteiger partial charge >= 0.3 is 5.63 Å². The van der Waals surface area contributed by atoms with Gasteiger partial charge < -0.3 is 4.42 Å². The van der Waals surface area contributed by atoms with Crippen LogP contribution in [0.4, 0.5) is 8.78 Å². The van der Waals surface area contributed by atoms with Crippen molar-refractivity contribution in [3.8, 4) is 11.1 Å². The molecule has 1 heterocycles. The minimum atomic E-state index is -1.14. The van der Waals surface area contributed by atoms with E-state index in [2.05, 4.69) is 19.1 Å². The molecule has 3 aromatic carbocycles. The molecule has 26 heavy (non-hydrogen) atoms. The van der Waals surface area contributed by atoms with Crippen molar-refractivity contribution < 1.29 is 13.2 Å². The molecule has 0 bridgehead atoms. The summed E-state index contributed by atoms with van der Waals surface area (Å²) in [7, 11) is 0. The molecule has 4 rings (SSSR count). The van der Waals surface area contributed by atoms with E-state index in [-0.39, 0.29) is 5.58 Å². The van der Waals surface area contributed by atoms with Crippen LogP contribution in [-0.4, -0.2) is 0 Å². The molecule has 0 saturated heterocycles. The molecule has 0 unspecified atom stereocenters. The molecule has 130 valence electrons. The highest BCUT2D eigenvalue weighted by atomic mass is 19.2. The Labute approximate surface area is 148 Å². The Morgan fingerprint density at radius 3 is 2.27 bits per heavy atom. The molecular weight excluding hydrogens is 334 g/mol. The number of benzene rings is 3. The van der Waals surface area contributed by atoms with E-state index in [0.717, 1.165) is 30.0 Å². The Bertz CT molecular complexity index is 1170. The predicted molar refractivity (Wildman–Crippen MR) is 99.3 cm³/mol. The first kappa shape index (κ1) is 16.5. The third-order valence-electron chi connectivity index (χ3n) is 4.60. The van der Waals surface area contributed by atoms with E-state index in [0.29, 0.717) is 16.2 Å². The van der Waals surface area contributed by atoms with Crippen LogP contribution < -0.4 is 5.63 Å². The van der Waals surface area contributed by atoms with Crippen LogP contribution >= 0.6 is 0 Å². The van der Waals surface area contributed by atoms with Crippen molar-refractivity contribution in [2.75, 3.05) is 0 Å². The second-order valence-corrected chi connectivity index (χ2v) is 6.33. The maximum Gasteiger partial charge on any atom is 0.344 e. The van der Waals surface area contributed by atoms with Gasteiger partial charge in [0.05, 0.1) is 5.39 Å². The monoisotopic (exact) mass is 350 g/mol. The topological polar surface area (TPSA) is 30.2 Å². The fourth-order valence-corrected chi connectivity index (χ4v) is 3.27. The third-order valence-corrected chi connectivity index (χ3v) is 4.60. The van der Waals surface area contributed by atoms with Gasteiger partial charge in [0.25, 0.3) is 0 Å². The van der Waals surface area contributed by atoms with Crippen LogP contribution in [0, 0.1) is 11.6 Å². The van der Waals surface area contributed by atoms with E-state index < -0.39 is 17.3 Å². The molecular formula is C22H16F2O2. The van der Waals surface area contributed by atoms with Gasteiger partial charge in [-0.25, -0.2) is 9.18 Å². The number of hydrogen-bond acceptors (Lipinski definition) is 2. The summed E-state index contributed by atoms with van der Waals surface area (Å²) >= 11 is 0. The quantitative estimate of drug-likeness (QED) is 0.343. The Hall–Kier alpha value is -3.01. The van der Waals surface area contributed by atoms with Gasteiger partial charge in [-0.05, 0) is 41.3 Å². The van der Waals surface area contributed by atoms with Crippen LogP contribution in [0.3, 0.4) is 0 Å². The van der Waals surface area contributed by atoms with Crippen LogP contribution in [0.1, 0.15) is 18.9 Å². The number of halogens is 2. The Kier molecular flexibility index (Phi) is 4.03. The van der Waals surface area contributed by atoms with Gasteiger partial charge in [0, 0.05) is 10.8 Å². The van der Waals surface area contributed by atoms with Crippen molar-refractivity contribution in [1.82, 2.24) is 0 Å². The molecule has 0 radical (unpaired) electrons. The zero-order valence-electron chi connectivity index (χ0n) is 14.2. The van der Waals surface area contributed by atoms with E-state index in [1.54, 1.807) is 12.1 Å². The lowest BCUT2D eigenvalue weighted by atomic mass is 9.99. The molecule has 2 nitrogen and oxygen atoms in total. The van der Waals surface area contributed by atoms with Crippen molar-refractivity contribution in [3.63, 3.8) is 0 Å². The number of rotatable bonds is 3. The van der Waals surface area contributed by atoms with Gasteiger partial charge in [-0.1, -0.05) is 49.7 Å². The summed E-state index contributed by atoms with van der Waals surface area (Å²) in [6.07, 6.45) is 2.11. The first-order chi connectivity index (χ1) is 12.6. The molecule has 0 saturated carbocycles. The molecule has 0 fully saturated rings. The molecule has 0 spiro atoms. The maximum atomic E-state index is 13.9. The third kappa shape index (κ3) is 2.68. The number of aryl methyl sites for hydroxylation is 1. The smallest absolute Gasteiger partial charge is 0.344 e. The standard InChI is InChI=1S/C22H16F2O2/c1-2-3-13-4-6-14(7-5-13)15-8-9-16-17-10-11-19(23)20(24)21(17)26-22(25)18(16)12-15/h4-12H,2-3H2,1H3. The average molecular weight is 350 g/mol. The number of hydrogen-bond donors (Lipinski definition) is 0. The fraction of sp³-hybridized carbons (Fsp3) is 0.136. The molecule has 1 aromatic heterocycles. The molecule has 0 aliphatic heterocycles. The van der Waals surface area contributed by atoms with E-state index in [1.165, 1.54) is 11.6 Å². The summed E-state index contributed by atoms with van der Waals surface area (Å²) in [5.41, 5.74) is 2.09. The van der Waals surface area contributed by atoms with E-state index in [1.807, 2.05) is 18.2 Å². The Morgan fingerprint density at radius 2 is 1.54 bits per heavy atom. The van der Waals surface area contributed by atoms with Crippen LogP contribution in [0.2, 0.25) is 0 Å². The second kappa shape index (κ2) is 6.37. The molecule has 0 N–H and O–H groups in total. The summed E-state index contributed by atoms with van der Waals surface area (Å²) < 4.78 is 32.4. The average Bonchev–Trinajstić information content (AvgIpc) is 2.66. The molecule has 0 amide bonds. The van der Waals surface area contributed by atoms with Crippen LogP contribution in [0.15, 0.2) is 63.8 Å². The molecule has 0 aliphatic rings. The van der Waals surface area contributed by atoms with Crippen molar-refractivity contribution in [3.05, 3.63) is 82.2 Å². The SMILES string of the molecule is CCCc1ccc(-c2ccc3c(c2)c(=O)oc2c(F)c(F)ccc23)cc1. The fourth-order valence-electron chi connectivity index (χ4n) is 3.27. The van der Waals surface area contributed by atoms with Gasteiger partial charge in [0.15, 0.2) is 11.4 Å². The normalized spacial score (nSPS) is 11.3. The summed E-state index contributed by atoms with van der Waals surface area (Å²) in [5.74, 6) is -2.18. The Balaban J connectivity index is 1.90. The largest absolute Gasteiger partial charge is 0.419 e. The highest BCUT2D eigenvalue weighted by Crippen LogP contribution is 2.29. The summed E-state index contributed by atoms with van der Waals surface area (Å²) in [5, 5.41) is 1.27.